The van der Waals surface area contributed by atoms with Gasteiger partial charge in [-0.15, -0.1) is 12.4 Å². The van der Waals surface area contributed by atoms with E-state index in [2.05, 4.69) is 4.74 Å². The number of phenolic OH excluding ortho intramolecular Hbond substituents is 1. The molecule has 1 unspecified atom stereocenters. The van der Waals surface area contributed by atoms with E-state index in [4.69, 9.17) is 10.5 Å². The number of rotatable bonds is 6. The van der Waals surface area contributed by atoms with Gasteiger partial charge in [0.1, 0.15) is 0 Å². The van der Waals surface area contributed by atoms with Crippen LogP contribution in [0.15, 0.2) is 12.1 Å². The Labute approximate surface area is 131 Å². The molecular formula is C12H16ClFN2O6. The number of ether oxygens (including phenoxy) is 2. The number of nitro groups is 1. The second kappa shape index (κ2) is 8.35. The minimum atomic E-state index is -2.28. The summed E-state index contributed by atoms with van der Waals surface area (Å²) in [4.78, 5) is 21.4. The largest absolute Gasteiger partial charge is 0.504 e. The van der Waals surface area contributed by atoms with E-state index in [1.807, 2.05) is 0 Å². The number of carbonyl (C=O) groups is 1. The number of nitrogens with zero attached hydrogens (tertiary/aromatic N) is 1. The molecule has 0 aliphatic rings. The molecule has 0 aliphatic carbocycles. The van der Waals surface area contributed by atoms with Crippen LogP contribution in [0.4, 0.5) is 10.1 Å². The lowest BCUT2D eigenvalue weighted by atomic mass is 10.0. The van der Waals surface area contributed by atoms with Gasteiger partial charge in [0.05, 0.1) is 30.7 Å². The zero-order chi connectivity index (χ0) is 16.2. The summed E-state index contributed by atoms with van der Waals surface area (Å²) >= 11 is 0. The molecule has 0 saturated carbocycles. The van der Waals surface area contributed by atoms with E-state index >= 15 is 0 Å². The minimum absolute atomic E-state index is 0. The predicted molar refractivity (Wildman–Crippen MR) is 77.0 cm³/mol. The molecular weight excluding hydrogens is 323 g/mol. The Morgan fingerprint density at radius 1 is 1.55 bits per heavy atom. The van der Waals surface area contributed by atoms with Crippen molar-refractivity contribution in [3.63, 3.8) is 0 Å². The summed E-state index contributed by atoms with van der Waals surface area (Å²) in [5.41, 5.74) is 4.78. The predicted octanol–water partition coefficient (Wildman–Crippen LogP) is 1.63. The summed E-state index contributed by atoms with van der Waals surface area (Å²) < 4.78 is 23.1. The van der Waals surface area contributed by atoms with Gasteiger partial charge in [0.2, 0.25) is 6.17 Å². The second-order valence-electron chi connectivity index (χ2n) is 4.02. The van der Waals surface area contributed by atoms with E-state index in [1.165, 1.54) is 14.0 Å². The SMILES string of the molecule is CCOC(=O)C(F)[C@@H](N)c1cc([N+](=O)[O-])cc(OC)c1O.Cl. The minimum Gasteiger partial charge on any atom is -0.504 e. The lowest BCUT2D eigenvalue weighted by Crippen LogP contribution is -2.31. The molecule has 0 heterocycles. The fourth-order valence-corrected chi connectivity index (χ4v) is 1.66. The van der Waals surface area contributed by atoms with Crippen molar-refractivity contribution in [2.75, 3.05) is 13.7 Å². The maximum absolute atomic E-state index is 13.9. The molecule has 0 aliphatic heterocycles. The van der Waals surface area contributed by atoms with Crippen LogP contribution in [0.2, 0.25) is 0 Å². The van der Waals surface area contributed by atoms with E-state index in [0.29, 0.717) is 0 Å². The first-order valence-electron chi connectivity index (χ1n) is 5.95. The Morgan fingerprint density at radius 2 is 2.14 bits per heavy atom. The van der Waals surface area contributed by atoms with Crippen molar-refractivity contribution in [1.29, 1.82) is 0 Å². The van der Waals surface area contributed by atoms with E-state index in [-0.39, 0.29) is 30.3 Å². The first kappa shape index (κ1) is 19.9. The van der Waals surface area contributed by atoms with Gasteiger partial charge < -0.3 is 20.3 Å². The molecule has 1 aromatic rings. The van der Waals surface area contributed by atoms with Crippen LogP contribution in [0.25, 0.3) is 0 Å². The molecule has 3 N–H and O–H groups in total. The Bertz CT molecular complexity index is 557. The molecule has 1 rings (SSSR count). The van der Waals surface area contributed by atoms with Crippen LogP contribution in [0.1, 0.15) is 18.5 Å². The fraction of sp³-hybridized carbons (Fsp3) is 0.417. The molecule has 0 spiro atoms. The third-order valence-corrected chi connectivity index (χ3v) is 2.71. The molecule has 0 bridgehead atoms. The standard InChI is InChI=1S/C12H15FN2O6.ClH/c1-3-21-12(17)9(13)10(14)7-4-6(15(18)19)5-8(20-2)11(7)16;/h4-5,9-10,16H,3,14H2,1-2H3;1H/t9?,10-;/m0./s1. The summed E-state index contributed by atoms with van der Waals surface area (Å²) in [5, 5.41) is 20.7. The smallest absolute Gasteiger partial charge is 0.342 e. The Kier molecular flexibility index (Phi) is 7.54. The highest BCUT2D eigenvalue weighted by Gasteiger charge is 2.32. The van der Waals surface area contributed by atoms with Gasteiger partial charge >= 0.3 is 5.97 Å². The van der Waals surface area contributed by atoms with Crippen LogP contribution in [-0.2, 0) is 9.53 Å². The van der Waals surface area contributed by atoms with Crippen LogP contribution in [0.5, 0.6) is 11.5 Å². The molecule has 0 saturated heterocycles. The van der Waals surface area contributed by atoms with Crippen molar-refractivity contribution in [3.8, 4) is 11.5 Å². The molecule has 0 radical (unpaired) electrons. The molecule has 0 fully saturated rings. The molecule has 1 aromatic carbocycles. The number of benzene rings is 1. The van der Waals surface area contributed by atoms with Crippen LogP contribution in [0, 0.1) is 10.1 Å². The van der Waals surface area contributed by atoms with Gasteiger partial charge in [-0.25, -0.2) is 9.18 Å². The van der Waals surface area contributed by atoms with E-state index in [9.17, 15) is 24.4 Å². The van der Waals surface area contributed by atoms with E-state index in [0.717, 1.165) is 12.1 Å². The van der Waals surface area contributed by atoms with Crippen LogP contribution in [-0.4, -0.2) is 35.9 Å². The van der Waals surface area contributed by atoms with Crippen LogP contribution in [0.3, 0.4) is 0 Å². The maximum Gasteiger partial charge on any atom is 0.342 e. The zero-order valence-electron chi connectivity index (χ0n) is 11.8. The second-order valence-corrected chi connectivity index (χ2v) is 4.02. The zero-order valence-corrected chi connectivity index (χ0v) is 12.6. The molecule has 10 heteroatoms. The first-order chi connectivity index (χ1) is 9.83. The molecule has 2 atom stereocenters. The number of aromatic hydroxyl groups is 1. The summed E-state index contributed by atoms with van der Waals surface area (Å²) in [6.07, 6.45) is -2.28. The number of methoxy groups -OCH3 is 1. The van der Waals surface area contributed by atoms with Gasteiger partial charge in [0.15, 0.2) is 11.5 Å². The number of hydrogen-bond acceptors (Lipinski definition) is 7. The van der Waals surface area contributed by atoms with Gasteiger partial charge in [0.25, 0.3) is 5.69 Å². The highest BCUT2D eigenvalue weighted by molar-refractivity contribution is 5.85. The van der Waals surface area contributed by atoms with Crippen molar-refractivity contribution in [1.82, 2.24) is 0 Å². The van der Waals surface area contributed by atoms with Gasteiger partial charge in [0, 0.05) is 11.6 Å². The number of nitro benzene ring substituents is 1. The lowest BCUT2D eigenvalue weighted by Gasteiger charge is -2.18. The summed E-state index contributed by atoms with van der Waals surface area (Å²) in [6, 6.07) is 0.218. The van der Waals surface area contributed by atoms with Gasteiger partial charge in [-0.05, 0) is 6.92 Å². The van der Waals surface area contributed by atoms with Gasteiger partial charge in [-0.1, -0.05) is 0 Å². The molecule has 0 aromatic heterocycles. The van der Waals surface area contributed by atoms with Crippen molar-refractivity contribution in [2.24, 2.45) is 5.73 Å². The summed E-state index contributed by atoms with van der Waals surface area (Å²) in [6.45, 7) is 1.44. The lowest BCUT2D eigenvalue weighted by molar-refractivity contribution is -0.385. The molecule has 124 valence electrons. The Hall–Kier alpha value is -2.13. The third kappa shape index (κ3) is 4.18. The molecule has 8 nitrogen and oxygen atoms in total. The van der Waals surface area contributed by atoms with Crippen molar-refractivity contribution >= 4 is 24.1 Å². The number of alkyl halides is 1. The number of nitrogens with two attached hydrogens (primary N) is 1. The number of hydrogen-bond donors (Lipinski definition) is 2. The van der Waals surface area contributed by atoms with E-state index in [1.54, 1.807) is 0 Å². The number of carbonyl (C=O) groups excluding carboxylic acids is 1. The Balaban J connectivity index is 0.00000441. The number of non-ortho nitro benzene ring substituents is 1. The van der Waals surface area contributed by atoms with Crippen molar-refractivity contribution in [2.45, 2.75) is 19.1 Å². The maximum atomic E-state index is 13.9. The normalized spacial score (nSPS) is 12.7. The third-order valence-electron chi connectivity index (χ3n) is 2.71. The highest BCUT2D eigenvalue weighted by atomic mass is 35.5. The number of esters is 1. The Morgan fingerprint density at radius 3 is 2.59 bits per heavy atom. The van der Waals surface area contributed by atoms with Crippen molar-refractivity contribution in [3.05, 3.63) is 27.8 Å². The van der Waals surface area contributed by atoms with Gasteiger partial charge in [-0.2, -0.15) is 0 Å². The summed E-state index contributed by atoms with van der Waals surface area (Å²) in [7, 11) is 1.17. The first-order valence-corrected chi connectivity index (χ1v) is 5.95. The van der Waals surface area contributed by atoms with Gasteiger partial charge in [-0.3, -0.25) is 10.1 Å². The fourth-order valence-electron chi connectivity index (χ4n) is 1.66. The molecule has 22 heavy (non-hydrogen) atoms. The average molecular weight is 339 g/mol. The quantitative estimate of drug-likeness (QED) is 0.458. The number of phenols is 1. The van der Waals surface area contributed by atoms with Crippen LogP contribution >= 0.6 is 12.4 Å². The number of halogens is 2. The summed E-state index contributed by atoms with van der Waals surface area (Å²) in [5.74, 6) is -2.02. The monoisotopic (exact) mass is 338 g/mol. The topological polar surface area (TPSA) is 125 Å². The molecule has 0 amide bonds. The van der Waals surface area contributed by atoms with Crippen molar-refractivity contribution < 1.29 is 28.7 Å². The van der Waals surface area contributed by atoms with E-state index < -0.39 is 34.5 Å². The highest BCUT2D eigenvalue weighted by Crippen LogP contribution is 2.38. The average Bonchev–Trinajstić information content (AvgIpc) is 2.45. The van der Waals surface area contributed by atoms with Crippen LogP contribution < -0.4 is 10.5 Å².